The quantitative estimate of drug-likeness (QED) is 0.729. The fraction of sp³-hybridized carbons (Fsp3) is 0.360. The molecule has 0 spiro atoms. The smallest absolute Gasteiger partial charge is 0.328 e. The first-order valence-corrected chi connectivity index (χ1v) is 10.6. The molecule has 6 heteroatoms. The summed E-state index contributed by atoms with van der Waals surface area (Å²) in [6.07, 6.45) is 4.75. The number of carboxylic acids is 2. The number of para-hydroxylation sites is 1. The number of nitrogens with zero attached hydrogens (tertiary/aromatic N) is 2. The Hall–Kier alpha value is -3.12. The zero-order valence-electron chi connectivity index (χ0n) is 18.1. The van der Waals surface area contributed by atoms with Crippen LogP contribution in [0.2, 0.25) is 0 Å². The van der Waals surface area contributed by atoms with Gasteiger partial charge in [-0.1, -0.05) is 42.5 Å². The van der Waals surface area contributed by atoms with Gasteiger partial charge < -0.3 is 20.0 Å². The third-order valence-corrected chi connectivity index (χ3v) is 5.80. The summed E-state index contributed by atoms with van der Waals surface area (Å²) in [5, 5.41) is 15.6. The average molecular weight is 423 g/mol. The summed E-state index contributed by atoms with van der Waals surface area (Å²) in [6, 6.07) is 18.6. The highest BCUT2D eigenvalue weighted by Crippen LogP contribution is 2.43. The predicted octanol–water partition coefficient (Wildman–Crippen LogP) is 3.82. The molecule has 2 heterocycles. The second-order valence-corrected chi connectivity index (χ2v) is 8.38. The van der Waals surface area contributed by atoms with Crippen LogP contribution in [0.3, 0.4) is 0 Å². The van der Waals surface area contributed by atoms with E-state index in [9.17, 15) is 9.59 Å². The Labute approximate surface area is 183 Å². The number of carbonyl (C=O) groups is 2. The summed E-state index contributed by atoms with van der Waals surface area (Å²) < 4.78 is 0. The van der Waals surface area contributed by atoms with Gasteiger partial charge in [0.2, 0.25) is 0 Å². The Morgan fingerprint density at radius 3 is 2.26 bits per heavy atom. The van der Waals surface area contributed by atoms with Crippen LogP contribution in [-0.2, 0) is 16.0 Å². The van der Waals surface area contributed by atoms with Crippen molar-refractivity contribution in [1.82, 2.24) is 4.90 Å². The molecule has 2 aromatic carbocycles. The van der Waals surface area contributed by atoms with Gasteiger partial charge in [0, 0.05) is 30.9 Å². The minimum Gasteiger partial charge on any atom is -0.478 e. The normalized spacial score (nSPS) is 19.5. The molecule has 0 aliphatic carbocycles. The number of hydrogen-bond donors (Lipinski definition) is 2. The molecule has 0 radical (unpaired) electrons. The predicted molar refractivity (Wildman–Crippen MR) is 121 cm³/mol. The highest BCUT2D eigenvalue weighted by molar-refractivity contribution is 5.89. The van der Waals surface area contributed by atoms with Crippen LogP contribution in [0.1, 0.15) is 35.6 Å². The second-order valence-electron chi connectivity index (χ2n) is 8.38. The van der Waals surface area contributed by atoms with Crippen LogP contribution >= 0.6 is 0 Å². The number of rotatable bonds is 4. The van der Waals surface area contributed by atoms with E-state index < -0.39 is 11.9 Å². The van der Waals surface area contributed by atoms with Gasteiger partial charge in [-0.2, -0.15) is 0 Å². The summed E-state index contributed by atoms with van der Waals surface area (Å²) in [4.78, 5) is 24.1. The lowest BCUT2D eigenvalue weighted by Crippen LogP contribution is -2.39. The lowest BCUT2D eigenvalue weighted by atomic mass is 9.85. The first-order chi connectivity index (χ1) is 14.8. The van der Waals surface area contributed by atoms with E-state index >= 15 is 0 Å². The first-order valence-electron chi connectivity index (χ1n) is 10.6. The highest BCUT2D eigenvalue weighted by Gasteiger charge is 2.33. The molecule has 4 rings (SSSR count). The molecular weight excluding hydrogens is 392 g/mol. The van der Waals surface area contributed by atoms with Crippen molar-refractivity contribution in [2.45, 2.75) is 25.3 Å². The van der Waals surface area contributed by atoms with Crippen LogP contribution in [0, 0.1) is 5.92 Å². The zero-order chi connectivity index (χ0) is 22.4. The van der Waals surface area contributed by atoms with Crippen molar-refractivity contribution >= 4 is 17.6 Å². The molecule has 164 valence electrons. The topological polar surface area (TPSA) is 81.1 Å². The molecular formula is C25H30N2O4. The van der Waals surface area contributed by atoms with Gasteiger partial charge in [0.25, 0.3) is 0 Å². The number of hydrogen-bond acceptors (Lipinski definition) is 4. The highest BCUT2D eigenvalue weighted by atomic mass is 16.4. The minimum absolute atomic E-state index is 0.536. The van der Waals surface area contributed by atoms with Crippen molar-refractivity contribution < 1.29 is 19.8 Å². The summed E-state index contributed by atoms with van der Waals surface area (Å²) in [5.41, 5.74) is 6.00. The Kier molecular flexibility index (Phi) is 7.47. The Morgan fingerprint density at radius 1 is 1.00 bits per heavy atom. The van der Waals surface area contributed by atoms with Crippen molar-refractivity contribution in [3.63, 3.8) is 0 Å². The number of piperidine rings is 1. The Bertz CT molecular complexity index is 938. The van der Waals surface area contributed by atoms with Crippen LogP contribution in [0.5, 0.6) is 0 Å². The molecule has 0 aromatic heterocycles. The lowest BCUT2D eigenvalue weighted by molar-refractivity contribution is -0.134. The van der Waals surface area contributed by atoms with E-state index in [4.69, 9.17) is 10.2 Å². The van der Waals surface area contributed by atoms with E-state index in [-0.39, 0.29) is 0 Å². The molecule has 2 aliphatic heterocycles. The fourth-order valence-electron chi connectivity index (χ4n) is 4.61. The molecule has 0 amide bonds. The number of fused-ring (bicyclic) bond motifs is 5. The molecule has 2 unspecified atom stereocenters. The van der Waals surface area contributed by atoms with Crippen molar-refractivity contribution in [3.8, 4) is 0 Å². The largest absolute Gasteiger partial charge is 0.478 e. The number of aliphatic carboxylic acids is 2. The Morgan fingerprint density at radius 2 is 1.61 bits per heavy atom. The summed E-state index contributed by atoms with van der Waals surface area (Å²) in [6.45, 7) is 2.38. The number of anilines is 1. The SMILES string of the molecule is CN(C)CC1CCN2c3ccccc3Cc3ccccc3C2C1.O=C(O)/C=C/C(=O)O. The maximum atomic E-state index is 9.55. The molecule has 6 nitrogen and oxygen atoms in total. The molecule has 1 fully saturated rings. The van der Waals surface area contributed by atoms with E-state index in [1.807, 2.05) is 0 Å². The van der Waals surface area contributed by atoms with Crippen LogP contribution in [0.4, 0.5) is 5.69 Å². The summed E-state index contributed by atoms with van der Waals surface area (Å²) in [7, 11) is 4.39. The van der Waals surface area contributed by atoms with Crippen molar-refractivity contribution in [3.05, 3.63) is 77.4 Å². The van der Waals surface area contributed by atoms with E-state index in [0.717, 1.165) is 12.3 Å². The fourth-order valence-corrected chi connectivity index (χ4v) is 4.61. The minimum atomic E-state index is -1.26. The molecule has 1 saturated heterocycles. The standard InChI is InChI=1S/C21H26N2.C4H4O4/c1-22(2)15-16-11-12-23-20-10-6-4-8-18(20)14-17-7-3-5-9-19(17)21(23)13-16;5-3(6)1-2-4(7)8/h3-10,16,21H,11-15H2,1-2H3;1-2H,(H,5,6)(H,7,8)/b;2-1+. The zero-order valence-corrected chi connectivity index (χ0v) is 18.1. The summed E-state index contributed by atoms with van der Waals surface area (Å²) in [5.74, 6) is -1.72. The number of benzene rings is 2. The van der Waals surface area contributed by atoms with Crippen LogP contribution in [-0.4, -0.2) is 54.2 Å². The maximum Gasteiger partial charge on any atom is 0.328 e. The third-order valence-electron chi connectivity index (χ3n) is 5.80. The van der Waals surface area contributed by atoms with Crippen molar-refractivity contribution in [2.24, 2.45) is 5.92 Å². The first kappa shape index (κ1) is 22.6. The van der Waals surface area contributed by atoms with E-state index in [2.05, 4.69) is 72.4 Å². The molecule has 2 atom stereocenters. The van der Waals surface area contributed by atoms with Gasteiger partial charge in [-0.3, -0.25) is 0 Å². The molecule has 0 saturated carbocycles. The molecule has 2 aliphatic rings. The average Bonchev–Trinajstić information content (AvgIpc) is 2.87. The van der Waals surface area contributed by atoms with Crippen molar-refractivity contribution in [1.29, 1.82) is 0 Å². The molecule has 2 N–H and O–H groups in total. The van der Waals surface area contributed by atoms with Crippen LogP contribution < -0.4 is 4.90 Å². The van der Waals surface area contributed by atoms with Gasteiger partial charge in [-0.25, -0.2) is 9.59 Å². The van der Waals surface area contributed by atoms with E-state index in [0.29, 0.717) is 18.2 Å². The van der Waals surface area contributed by atoms with E-state index in [1.165, 1.54) is 42.7 Å². The number of carboxylic acid groups (broad SMARTS) is 2. The second kappa shape index (κ2) is 10.3. The maximum absolute atomic E-state index is 9.55. The third kappa shape index (κ3) is 5.95. The van der Waals surface area contributed by atoms with Crippen molar-refractivity contribution in [2.75, 3.05) is 32.1 Å². The molecule has 0 bridgehead atoms. The van der Waals surface area contributed by atoms with Crippen LogP contribution in [0.15, 0.2) is 60.7 Å². The van der Waals surface area contributed by atoms with Crippen LogP contribution in [0.25, 0.3) is 0 Å². The van der Waals surface area contributed by atoms with Gasteiger partial charge in [0.1, 0.15) is 0 Å². The van der Waals surface area contributed by atoms with Gasteiger partial charge in [0.15, 0.2) is 0 Å². The summed E-state index contributed by atoms with van der Waals surface area (Å²) >= 11 is 0. The van der Waals surface area contributed by atoms with Gasteiger partial charge in [0.05, 0.1) is 6.04 Å². The Balaban J connectivity index is 0.000000293. The van der Waals surface area contributed by atoms with Gasteiger partial charge in [-0.05, 0) is 62.0 Å². The van der Waals surface area contributed by atoms with E-state index in [1.54, 1.807) is 5.56 Å². The van der Waals surface area contributed by atoms with Gasteiger partial charge in [-0.15, -0.1) is 0 Å². The lowest BCUT2D eigenvalue weighted by Gasteiger charge is -2.42. The monoisotopic (exact) mass is 422 g/mol. The van der Waals surface area contributed by atoms with Gasteiger partial charge >= 0.3 is 11.9 Å². The molecule has 2 aromatic rings. The molecule has 31 heavy (non-hydrogen) atoms.